The van der Waals surface area contributed by atoms with Gasteiger partial charge in [0.1, 0.15) is 23.2 Å². The normalized spacial score (nSPS) is 15.1. The van der Waals surface area contributed by atoms with Gasteiger partial charge in [0.15, 0.2) is 0 Å². The molecule has 1 heterocycles. The Morgan fingerprint density at radius 3 is 2.71 bits per heavy atom. The van der Waals surface area contributed by atoms with Crippen molar-refractivity contribution in [2.45, 2.75) is 18.1 Å². The molecule has 35 heavy (non-hydrogen) atoms. The number of aromatic nitrogens is 2. The molecule has 1 fully saturated rings. The Kier molecular flexibility index (Phi) is 6.27. The fourth-order valence-electron chi connectivity index (χ4n) is 3.92. The molecule has 178 valence electrons. The van der Waals surface area contributed by atoms with Gasteiger partial charge in [-0.15, -0.1) is 0 Å². The highest BCUT2D eigenvalue weighted by Gasteiger charge is 2.35. The largest absolute Gasteiger partial charge is 0.593 e. The van der Waals surface area contributed by atoms with Gasteiger partial charge in [-0.2, -0.15) is 0 Å². The van der Waals surface area contributed by atoms with Crippen molar-refractivity contribution in [1.29, 1.82) is 0 Å². The van der Waals surface area contributed by atoms with Crippen LogP contribution in [0.2, 0.25) is 0 Å². The fourth-order valence-corrected chi connectivity index (χ4v) is 5.00. The first kappa shape index (κ1) is 23.1. The number of halogens is 2. The Morgan fingerprint density at radius 2 is 2.00 bits per heavy atom. The number of nitrogens with two attached hydrogens (primary N) is 1. The smallest absolute Gasteiger partial charge is 0.141 e. The molecule has 1 unspecified atom stereocenters. The van der Waals surface area contributed by atoms with E-state index in [9.17, 15) is 13.3 Å². The number of rotatable bonds is 7. The monoisotopic (exact) mass is 491 g/mol. The van der Waals surface area contributed by atoms with Crippen LogP contribution in [0.3, 0.4) is 0 Å². The third-order valence-corrected chi connectivity index (χ3v) is 7.33. The molecular weight excluding hydrogens is 468 g/mol. The quantitative estimate of drug-likeness (QED) is 0.274. The number of benzene rings is 3. The second-order valence-corrected chi connectivity index (χ2v) is 9.78. The van der Waals surface area contributed by atoms with Gasteiger partial charge in [0.2, 0.25) is 0 Å². The summed E-state index contributed by atoms with van der Waals surface area (Å²) in [7, 11) is 1.68. The molecule has 1 aromatic heterocycles. The fraction of sp³-hybridized carbons (Fsp3) is 0.154. The summed E-state index contributed by atoms with van der Waals surface area (Å²) in [5.41, 5.74) is 11.0. The Morgan fingerprint density at radius 1 is 1.17 bits per heavy atom. The van der Waals surface area contributed by atoms with Gasteiger partial charge < -0.3 is 10.3 Å². The first-order valence-corrected chi connectivity index (χ1v) is 12.3. The lowest BCUT2D eigenvalue weighted by molar-refractivity contribution is 0.585. The van der Waals surface area contributed by atoms with Gasteiger partial charge >= 0.3 is 0 Å². The predicted molar refractivity (Wildman–Crippen MR) is 138 cm³/mol. The van der Waals surface area contributed by atoms with E-state index in [-0.39, 0.29) is 10.8 Å². The molecule has 6 nitrogen and oxygen atoms in total. The number of allylic oxidation sites excluding steroid dienone is 1. The van der Waals surface area contributed by atoms with Crippen molar-refractivity contribution in [3.05, 3.63) is 84.3 Å². The molecule has 1 aliphatic rings. The van der Waals surface area contributed by atoms with Crippen LogP contribution in [0.5, 0.6) is 0 Å². The molecule has 5 rings (SSSR count). The Bertz CT molecular complexity index is 1460. The molecule has 3 N–H and O–H groups in total. The van der Waals surface area contributed by atoms with Crippen LogP contribution in [0, 0.1) is 11.6 Å². The summed E-state index contributed by atoms with van der Waals surface area (Å²) in [4.78, 5) is 8.57. The van der Waals surface area contributed by atoms with E-state index in [0.29, 0.717) is 16.9 Å². The zero-order valence-electron chi connectivity index (χ0n) is 18.9. The molecule has 1 aliphatic carbocycles. The molecule has 0 aliphatic heterocycles. The second kappa shape index (κ2) is 9.52. The summed E-state index contributed by atoms with van der Waals surface area (Å²) in [6.45, 7) is 0. The van der Waals surface area contributed by atoms with Crippen LogP contribution in [-0.4, -0.2) is 32.6 Å². The molecule has 0 spiro atoms. The second-order valence-electron chi connectivity index (χ2n) is 8.32. The summed E-state index contributed by atoms with van der Waals surface area (Å²) in [6, 6.07) is 14.6. The van der Waals surface area contributed by atoms with Gasteiger partial charge in [-0.3, -0.25) is 9.56 Å². The number of nitrogens with zero attached hydrogens (tertiary/aromatic N) is 3. The molecule has 9 heteroatoms. The lowest BCUT2D eigenvalue weighted by Crippen LogP contribution is -2.17. The van der Waals surface area contributed by atoms with E-state index < -0.39 is 23.0 Å². The van der Waals surface area contributed by atoms with Crippen LogP contribution in [-0.2, 0) is 11.4 Å². The summed E-state index contributed by atoms with van der Waals surface area (Å²) in [6.07, 6.45) is 6.67. The van der Waals surface area contributed by atoms with Crippen LogP contribution in [0.4, 0.5) is 14.5 Å². The van der Waals surface area contributed by atoms with Crippen molar-refractivity contribution >= 4 is 39.9 Å². The average Bonchev–Trinajstić information content (AvgIpc) is 3.61. The number of hydrogen-bond donors (Lipinski definition) is 2. The summed E-state index contributed by atoms with van der Waals surface area (Å²) < 4.78 is 45.6. The highest BCUT2D eigenvalue weighted by molar-refractivity contribution is 7.93. The minimum atomic E-state index is -1.24. The van der Waals surface area contributed by atoms with Gasteiger partial charge in [-0.1, -0.05) is 6.07 Å². The van der Waals surface area contributed by atoms with Crippen LogP contribution >= 0.6 is 0 Å². The van der Waals surface area contributed by atoms with Gasteiger partial charge in [0.05, 0.1) is 28.1 Å². The van der Waals surface area contributed by atoms with Crippen molar-refractivity contribution in [2.24, 2.45) is 10.7 Å². The topological polar surface area (TPSA) is 91.3 Å². The van der Waals surface area contributed by atoms with Crippen LogP contribution < -0.4 is 10.5 Å². The highest BCUT2D eigenvalue weighted by atomic mass is 32.2. The maximum atomic E-state index is 14.6. The molecule has 0 amide bonds. The summed E-state index contributed by atoms with van der Waals surface area (Å²) in [5.74, 6) is -1.32. The van der Waals surface area contributed by atoms with E-state index in [4.69, 9.17) is 5.73 Å². The van der Waals surface area contributed by atoms with Crippen molar-refractivity contribution in [3.63, 3.8) is 0 Å². The maximum absolute atomic E-state index is 14.6. The van der Waals surface area contributed by atoms with Crippen LogP contribution in [0.25, 0.3) is 33.4 Å². The van der Waals surface area contributed by atoms with Crippen molar-refractivity contribution < 1.29 is 13.3 Å². The maximum Gasteiger partial charge on any atom is 0.141 e. The van der Waals surface area contributed by atoms with Crippen LogP contribution in [0.15, 0.2) is 72.1 Å². The predicted octanol–water partition coefficient (Wildman–Crippen LogP) is 5.21. The molecular formula is C26H23F2N5OS. The first-order valence-electron chi connectivity index (χ1n) is 11.1. The zero-order valence-corrected chi connectivity index (χ0v) is 19.7. The van der Waals surface area contributed by atoms with Crippen molar-refractivity contribution in [3.8, 4) is 16.8 Å². The number of aliphatic imine (C=N–C) groups is 1. The summed E-state index contributed by atoms with van der Waals surface area (Å²) in [5, 5.41) is 0.119. The third kappa shape index (κ3) is 4.78. The van der Waals surface area contributed by atoms with Crippen molar-refractivity contribution in [2.75, 3.05) is 11.8 Å². The van der Waals surface area contributed by atoms with Crippen LogP contribution in [0.1, 0.15) is 18.4 Å². The van der Waals surface area contributed by atoms with E-state index in [1.807, 2.05) is 28.8 Å². The van der Waals surface area contributed by atoms with E-state index in [1.54, 1.807) is 31.7 Å². The zero-order chi connectivity index (χ0) is 24.5. The number of fused-ring (bicyclic) bond motifs is 1. The van der Waals surface area contributed by atoms with E-state index in [0.717, 1.165) is 41.1 Å². The molecule has 0 bridgehead atoms. The average molecular weight is 492 g/mol. The Balaban J connectivity index is 1.61. The Labute approximate surface area is 204 Å². The van der Waals surface area contributed by atoms with Crippen molar-refractivity contribution in [1.82, 2.24) is 9.55 Å². The minimum absolute atomic E-state index is 0.119. The van der Waals surface area contributed by atoms with E-state index in [2.05, 4.69) is 14.7 Å². The lowest BCUT2D eigenvalue weighted by Gasteiger charge is -2.15. The number of imidazole rings is 1. The molecule has 1 saturated carbocycles. The molecule has 0 radical (unpaired) electrons. The summed E-state index contributed by atoms with van der Waals surface area (Å²) >= 11 is -1.24. The highest BCUT2D eigenvalue weighted by Crippen LogP contribution is 2.34. The minimum Gasteiger partial charge on any atom is -0.593 e. The molecule has 0 saturated heterocycles. The Hall–Kier alpha value is -3.69. The van der Waals surface area contributed by atoms with Gasteiger partial charge in [-0.05, 0) is 53.6 Å². The molecule has 3 aromatic carbocycles. The number of anilines is 1. The first-order chi connectivity index (χ1) is 17.0. The SMILES string of the molecule is CN=CC(=CN)c1ccc2c(c1)ncn2-c1cc(N[S+]([O-])C2CC2)cc(-c2ccc(F)cc2F)c1. The van der Waals surface area contributed by atoms with Gasteiger partial charge in [0.25, 0.3) is 0 Å². The molecule has 1 atom stereocenters. The van der Waals surface area contributed by atoms with E-state index in [1.165, 1.54) is 18.3 Å². The van der Waals surface area contributed by atoms with Gasteiger partial charge in [-0.25, -0.2) is 18.5 Å². The van der Waals surface area contributed by atoms with Gasteiger partial charge in [0, 0.05) is 55.2 Å². The lowest BCUT2D eigenvalue weighted by atomic mass is 10.0. The number of hydrogen-bond acceptors (Lipinski definition) is 5. The van der Waals surface area contributed by atoms with E-state index >= 15 is 0 Å². The standard InChI is InChI=1S/C26H23F2N5OS/c1-30-14-18(13-29)16-2-7-26-25(10-16)31-15-33(26)21-9-17(23-6-3-19(27)11-24(23)28)8-20(12-21)32-35(34)22-4-5-22/h2-3,6-15,22,32H,4-5,29H2,1H3. The third-order valence-electron chi connectivity index (χ3n) is 5.81. The molecule has 4 aromatic rings. The number of nitrogens with one attached hydrogen (secondary N) is 1.